The molecular formula is C12H14BrNO2S. The largest absolute Gasteiger partial charge is 0.240 e. The van der Waals surface area contributed by atoms with Gasteiger partial charge in [-0.2, -0.15) is 0 Å². The third kappa shape index (κ3) is 4.15. The molecule has 0 fully saturated rings. The maximum atomic E-state index is 12.0. The predicted octanol–water partition coefficient (Wildman–Crippen LogP) is 2.45. The van der Waals surface area contributed by atoms with Crippen LogP contribution in [-0.4, -0.2) is 15.0 Å². The molecule has 17 heavy (non-hydrogen) atoms. The van der Waals surface area contributed by atoms with Gasteiger partial charge in [-0.3, -0.25) is 0 Å². The van der Waals surface area contributed by atoms with Gasteiger partial charge in [0, 0.05) is 17.4 Å². The summed E-state index contributed by atoms with van der Waals surface area (Å²) in [6, 6.07) is 5.17. The van der Waals surface area contributed by atoms with Crippen LogP contribution in [0.5, 0.6) is 0 Å². The Bertz CT molecular complexity index is 532. The van der Waals surface area contributed by atoms with E-state index in [0.717, 1.165) is 10.0 Å². The molecule has 1 N–H and O–H groups in total. The minimum absolute atomic E-state index is 0.299. The van der Waals surface area contributed by atoms with Crippen molar-refractivity contribution < 1.29 is 8.42 Å². The maximum Gasteiger partial charge on any atom is 0.240 e. The van der Waals surface area contributed by atoms with Crippen molar-refractivity contribution in [2.24, 2.45) is 0 Å². The normalized spacial score (nSPS) is 11.1. The summed E-state index contributed by atoms with van der Waals surface area (Å²) in [5, 5.41) is 0. The fourth-order valence-electron chi connectivity index (χ4n) is 1.34. The lowest BCUT2D eigenvalue weighted by Crippen LogP contribution is -2.25. The molecule has 0 aliphatic heterocycles. The quantitative estimate of drug-likeness (QED) is 0.670. The molecule has 5 heteroatoms. The molecule has 0 spiro atoms. The molecule has 0 unspecified atom stereocenters. The Morgan fingerprint density at radius 3 is 2.82 bits per heavy atom. The van der Waals surface area contributed by atoms with Crippen molar-refractivity contribution in [3.63, 3.8) is 0 Å². The Labute approximate surface area is 111 Å². The maximum absolute atomic E-state index is 12.0. The van der Waals surface area contributed by atoms with Crippen LogP contribution < -0.4 is 4.72 Å². The highest BCUT2D eigenvalue weighted by molar-refractivity contribution is 9.10. The lowest BCUT2D eigenvalue weighted by molar-refractivity contribution is 0.579. The highest BCUT2D eigenvalue weighted by Crippen LogP contribution is 2.20. The van der Waals surface area contributed by atoms with Crippen LogP contribution in [0.1, 0.15) is 18.4 Å². The molecule has 0 amide bonds. The van der Waals surface area contributed by atoms with Gasteiger partial charge in [-0.05, 0) is 31.0 Å². The van der Waals surface area contributed by atoms with Crippen molar-refractivity contribution >= 4 is 26.0 Å². The fraction of sp³-hybridized carbons (Fsp3) is 0.333. The third-order valence-corrected chi connectivity index (χ3v) is 4.33. The summed E-state index contributed by atoms with van der Waals surface area (Å²) in [5.41, 5.74) is 0.720. The number of nitrogens with one attached hydrogen (secondary N) is 1. The van der Waals surface area contributed by atoms with E-state index in [9.17, 15) is 8.42 Å². The van der Waals surface area contributed by atoms with Gasteiger partial charge in [-0.25, -0.2) is 13.1 Å². The van der Waals surface area contributed by atoms with Crippen LogP contribution in [0.4, 0.5) is 0 Å². The van der Waals surface area contributed by atoms with Gasteiger partial charge in [-0.15, -0.1) is 12.3 Å². The van der Waals surface area contributed by atoms with Gasteiger partial charge in [0.1, 0.15) is 0 Å². The van der Waals surface area contributed by atoms with Gasteiger partial charge in [0.25, 0.3) is 0 Å². The summed E-state index contributed by atoms with van der Waals surface area (Å²) in [6.07, 6.45) is 6.31. The average Bonchev–Trinajstić information content (AvgIpc) is 2.28. The van der Waals surface area contributed by atoms with E-state index in [2.05, 4.69) is 26.6 Å². The van der Waals surface area contributed by atoms with Crippen LogP contribution in [0, 0.1) is 19.3 Å². The molecule has 0 radical (unpaired) electrons. The summed E-state index contributed by atoms with van der Waals surface area (Å²) in [4.78, 5) is 0.299. The van der Waals surface area contributed by atoms with E-state index in [1.165, 1.54) is 0 Å². The standard InChI is InChI=1S/C12H14BrNO2S/c1-3-4-5-8-14-17(15,16)12-9-11(13)7-6-10(12)2/h1,6-7,9,14H,4-5,8H2,2H3. The van der Waals surface area contributed by atoms with Gasteiger partial charge in [0.15, 0.2) is 0 Å². The van der Waals surface area contributed by atoms with Crippen LogP contribution in [0.15, 0.2) is 27.6 Å². The second-order valence-electron chi connectivity index (χ2n) is 3.62. The number of terminal acetylenes is 1. The highest BCUT2D eigenvalue weighted by atomic mass is 79.9. The van der Waals surface area contributed by atoms with E-state index in [1.807, 2.05) is 6.07 Å². The first kappa shape index (κ1) is 14.2. The monoisotopic (exact) mass is 315 g/mol. The average molecular weight is 316 g/mol. The molecule has 3 nitrogen and oxygen atoms in total. The molecule has 0 saturated heterocycles. The molecular weight excluding hydrogens is 302 g/mol. The number of hydrogen-bond donors (Lipinski definition) is 1. The number of sulfonamides is 1. The van der Waals surface area contributed by atoms with E-state index < -0.39 is 10.0 Å². The van der Waals surface area contributed by atoms with E-state index in [1.54, 1.807) is 19.1 Å². The van der Waals surface area contributed by atoms with Crippen LogP contribution in [-0.2, 0) is 10.0 Å². The van der Waals surface area contributed by atoms with E-state index >= 15 is 0 Å². The van der Waals surface area contributed by atoms with Crippen LogP contribution >= 0.6 is 15.9 Å². The Balaban J connectivity index is 2.83. The van der Waals surface area contributed by atoms with Crippen molar-refractivity contribution in [1.82, 2.24) is 4.72 Å². The van der Waals surface area contributed by atoms with Crippen molar-refractivity contribution in [2.45, 2.75) is 24.7 Å². The summed E-state index contributed by atoms with van der Waals surface area (Å²) >= 11 is 3.26. The zero-order valence-corrected chi connectivity index (χ0v) is 11.9. The number of halogens is 1. The molecule has 0 atom stereocenters. The topological polar surface area (TPSA) is 46.2 Å². The summed E-state index contributed by atoms with van der Waals surface area (Å²) in [7, 11) is -3.44. The van der Waals surface area contributed by atoms with Crippen LogP contribution in [0.2, 0.25) is 0 Å². The van der Waals surface area contributed by atoms with E-state index in [0.29, 0.717) is 24.3 Å². The molecule has 1 rings (SSSR count). The first-order valence-corrected chi connectivity index (χ1v) is 7.44. The number of rotatable bonds is 5. The smallest absolute Gasteiger partial charge is 0.211 e. The second-order valence-corrected chi connectivity index (χ2v) is 6.27. The van der Waals surface area contributed by atoms with Crippen LogP contribution in [0.3, 0.4) is 0 Å². The minimum atomic E-state index is -3.44. The van der Waals surface area contributed by atoms with Gasteiger partial charge in [0.05, 0.1) is 4.90 Å². The number of hydrogen-bond acceptors (Lipinski definition) is 2. The van der Waals surface area contributed by atoms with Gasteiger partial charge >= 0.3 is 0 Å². The predicted molar refractivity (Wildman–Crippen MR) is 72.1 cm³/mol. The van der Waals surface area contributed by atoms with Gasteiger partial charge < -0.3 is 0 Å². The lowest BCUT2D eigenvalue weighted by atomic mass is 10.2. The fourth-order valence-corrected chi connectivity index (χ4v) is 3.19. The van der Waals surface area contributed by atoms with Crippen molar-refractivity contribution in [3.05, 3.63) is 28.2 Å². The first-order chi connectivity index (χ1) is 7.97. The SMILES string of the molecule is C#CCCCNS(=O)(=O)c1cc(Br)ccc1C. The van der Waals surface area contributed by atoms with Crippen molar-refractivity contribution in [2.75, 3.05) is 6.54 Å². The van der Waals surface area contributed by atoms with Crippen molar-refractivity contribution in [1.29, 1.82) is 0 Å². The molecule has 1 aromatic carbocycles. The van der Waals surface area contributed by atoms with Crippen molar-refractivity contribution in [3.8, 4) is 12.3 Å². The molecule has 1 aromatic rings. The second kappa shape index (κ2) is 6.20. The molecule has 0 aliphatic carbocycles. The van der Waals surface area contributed by atoms with Gasteiger partial charge in [-0.1, -0.05) is 22.0 Å². The zero-order valence-electron chi connectivity index (χ0n) is 9.53. The first-order valence-electron chi connectivity index (χ1n) is 5.16. The summed E-state index contributed by atoms with van der Waals surface area (Å²) in [6.45, 7) is 2.13. The summed E-state index contributed by atoms with van der Waals surface area (Å²) in [5.74, 6) is 2.47. The number of unbranched alkanes of at least 4 members (excludes halogenated alkanes) is 1. The molecule has 0 aromatic heterocycles. The third-order valence-electron chi connectivity index (χ3n) is 2.23. The Morgan fingerprint density at radius 1 is 1.47 bits per heavy atom. The van der Waals surface area contributed by atoms with E-state index in [4.69, 9.17) is 6.42 Å². The summed E-state index contributed by atoms with van der Waals surface area (Å²) < 4.78 is 27.2. The minimum Gasteiger partial charge on any atom is -0.211 e. The van der Waals surface area contributed by atoms with E-state index in [-0.39, 0.29) is 0 Å². The lowest BCUT2D eigenvalue weighted by Gasteiger charge is -2.09. The molecule has 0 heterocycles. The number of aryl methyl sites for hydroxylation is 1. The Morgan fingerprint density at radius 2 is 2.18 bits per heavy atom. The number of benzene rings is 1. The Kier molecular flexibility index (Phi) is 5.19. The molecule has 92 valence electrons. The molecule has 0 bridgehead atoms. The van der Waals surface area contributed by atoms with Crippen LogP contribution in [0.25, 0.3) is 0 Å². The highest BCUT2D eigenvalue weighted by Gasteiger charge is 2.16. The molecule has 0 aliphatic rings. The Hall–Kier alpha value is -0.830. The van der Waals surface area contributed by atoms with Gasteiger partial charge in [0.2, 0.25) is 10.0 Å². The zero-order chi connectivity index (χ0) is 12.9. The molecule has 0 saturated carbocycles.